The Morgan fingerprint density at radius 2 is 2.09 bits per heavy atom. The first-order valence-electron chi connectivity index (χ1n) is 6.68. The second kappa shape index (κ2) is 4.99. The minimum Gasteiger partial charge on any atom is -0.507 e. The number of hydrogen-bond donors (Lipinski definition) is 2. The van der Waals surface area contributed by atoms with Crippen LogP contribution in [0.2, 0.25) is 0 Å². The van der Waals surface area contributed by atoms with Gasteiger partial charge in [0.25, 0.3) is 0 Å². The zero-order valence-corrected chi connectivity index (χ0v) is 12.0. The van der Waals surface area contributed by atoms with Crippen molar-refractivity contribution >= 4 is 23.0 Å². The molecule has 1 aromatic heterocycles. The van der Waals surface area contributed by atoms with E-state index in [4.69, 9.17) is 4.42 Å². The molecule has 3 rings (SSSR count). The molecule has 0 aliphatic heterocycles. The van der Waals surface area contributed by atoms with Crippen molar-refractivity contribution in [3.8, 4) is 5.75 Å². The Kier molecular flexibility index (Phi) is 3.26. The van der Waals surface area contributed by atoms with Crippen LogP contribution in [0.3, 0.4) is 0 Å². The van der Waals surface area contributed by atoms with E-state index in [0.717, 1.165) is 5.56 Å². The highest BCUT2D eigenvalue weighted by Gasteiger charge is 2.36. The highest BCUT2D eigenvalue weighted by Crippen LogP contribution is 2.33. The first-order chi connectivity index (χ1) is 10.4. The van der Waals surface area contributed by atoms with Gasteiger partial charge >= 0.3 is 5.97 Å². The number of carbonyl (C=O) groups excluding carboxylic acids is 1. The monoisotopic (exact) mass is 302 g/mol. The molecule has 2 aromatic rings. The minimum atomic E-state index is -1.19. The SMILES string of the molecule is COC(=O)[C@@H]1c2c(oc3cc(C)cc(O)c3c2=O)C=C[C@H]1O. The van der Waals surface area contributed by atoms with Crippen LogP contribution < -0.4 is 5.43 Å². The number of aryl methyl sites for hydroxylation is 1. The van der Waals surface area contributed by atoms with Crippen molar-refractivity contribution in [2.75, 3.05) is 7.11 Å². The number of aliphatic hydroxyl groups excluding tert-OH is 1. The second-order valence-corrected chi connectivity index (χ2v) is 5.22. The molecule has 0 spiro atoms. The molecule has 6 heteroatoms. The van der Waals surface area contributed by atoms with Crippen LogP contribution in [0.5, 0.6) is 5.75 Å². The summed E-state index contributed by atoms with van der Waals surface area (Å²) in [6, 6.07) is 3.07. The van der Waals surface area contributed by atoms with E-state index in [0.29, 0.717) is 0 Å². The normalized spacial score (nSPS) is 20.0. The van der Waals surface area contributed by atoms with Crippen LogP contribution in [0.4, 0.5) is 0 Å². The van der Waals surface area contributed by atoms with E-state index in [1.807, 2.05) is 0 Å². The van der Waals surface area contributed by atoms with Crippen molar-refractivity contribution in [2.45, 2.75) is 18.9 Å². The lowest BCUT2D eigenvalue weighted by atomic mass is 9.87. The maximum atomic E-state index is 12.7. The Bertz CT molecular complexity index is 861. The third-order valence-corrected chi connectivity index (χ3v) is 3.74. The highest BCUT2D eigenvalue weighted by molar-refractivity contribution is 5.89. The lowest BCUT2D eigenvalue weighted by Crippen LogP contribution is -2.33. The number of aliphatic hydroxyl groups is 1. The van der Waals surface area contributed by atoms with Crippen molar-refractivity contribution < 1.29 is 24.2 Å². The predicted octanol–water partition coefficient (Wildman–Crippen LogP) is 1.45. The van der Waals surface area contributed by atoms with Gasteiger partial charge in [0, 0.05) is 0 Å². The molecule has 6 nitrogen and oxygen atoms in total. The van der Waals surface area contributed by atoms with Gasteiger partial charge in [0.2, 0.25) is 5.43 Å². The quantitative estimate of drug-likeness (QED) is 0.774. The highest BCUT2D eigenvalue weighted by atomic mass is 16.5. The lowest BCUT2D eigenvalue weighted by Gasteiger charge is -2.23. The fraction of sp³-hybridized carbons (Fsp3) is 0.250. The average molecular weight is 302 g/mol. The molecule has 0 bridgehead atoms. The number of esters is 1. The van der Waals surface area contributed by atoms with Gasteiger partial charge in [0.15, 0.2) is 0 Å². The van der Waals surface area contributed by atoms with Crippen molar-refractivity contribution in [1.29, 1.82) is 0 Å². The summed E-state index contributed by atoms with van der Waals surface area (Å²) < 4.78 is 10.3. The molecule has 1 aromatic carbocycles. The van der Waals surface area contributed by atoms with Crippen LogP contribution in [-0.4, -0.2) is 29.4 Å². The molecule has 0 saturated carbocycles. The number of carbonyl (C=O) groups is 1. The van der Waals surface area contributed by atoms with E-state index in [9.17, 15) is 19.8 Å². The van der Waals surface area contributed by atoms with Crippen LogP contribution >= 0.6 is 0 Å². The molecule has 0 fully saturated rings. The summed E-state index contributed by atoms with van der Waals surface area (Å²) in [5.41, 5.74) is 0.407. The Balaban J connectivity index is 2.39. The third kappa shape index (κ3) is 2.00. The average Bonchev–Trinajstić information content (AvgIpc) is 2.46. The Hall–Kier alpha value is -2.60. The second-order valence-electron chi connectivity index (χ2n) is 5.22. The van der Waals surface area contributed by atoms with E-state index < -0.39 is 23.4 Å². The van der Waals surface area contributed by atoms with Crippen molar-refractivity contribution in [3.05, 3.63) is 45.3 Å². The van der Waals surface area contributed by atoms with E-state index in [2.05, 4.69) is 4.74 Å². The Morgan fingerprint density at radius 1 is 1.36 bits per heavy atom. The van der Waals surface area contributed by atoms with Gasteiger partial charge in [-0.3, -0.25) is 9.59 Å². The fourth-order valence-electron chi connectivity index (χ4n) is 2.73. The molecule has 22 heavy (non-hydrogen) atoms. The molecule has 0 saturated heterocycles. The fourth-order valence-corrected chi connectivity index (χ4v) is 2.73. The van der Waals surface area contributed by atoms with Gasteiger partial charge in [0.1, 0.15) is 28.4 Å². The summed E-state index contributed by atoms with van der Waals surface area (Å²) in [5, 5.41) is 20.0. The number of fused-ring (bicyclic) bond motifs is 2. The number of hydrogen-bond acceptors (Lipinski definition) is 6. The number of benzene rings is 1. The molecule has 1 aliphatic rings. The predicted molar refractivity (Wildman–Crippen MR) is 78.7 cm³/mol. The Morgan fingerprint density at radius 3 is 2.77 bits per heavy atom. The topological polar surface area (TPSA) is 97.0 Å². The number of methoxy groups -OCH3 is 1. The van der Waals surface area contributed by atoms with Gasteiger partial charge in [-0.25, -0.2) is 0 Å². The van der Waals surface area contributed by atoms with E-state index in [-0.39, 0.29) is 28.0 Å². The summed E-state index contributed by atoms with van der Waals surface area (Å²) >= 11 is 0. The van der Waals surface area contributed by atoms with Crippen LogP contribution in [0.15, 0.2) is 27.4 Å². The molecule has 114 valence electrons. The molecule has 0 unspecified atom stereocenters. The van der Waals surface area contributed by atoms with Crippen molar-refractivity contribution in [1.82, 2.24) is 0 Å². The number of ether oxygens (including phenoxy) is 1. The molecule has 2 atom stereocenters. The van der Waals surface area contributed by atoms with Crippen molar-refractivity contribution in [2.24, 2.45) is 0 Å². The molecular formula is C16H14O6. The maximum Gasteiger partial charge on any atom is 0.316 e. The van der Waals surface area contributed by atoms with Gasteiger partial charge in [-0.15, -0.1) is 0 Å². The van der Waals surface area contributed by atoms with Gasteiger partial charge in [-0.05, 0) is 30.7 Å². The molecule has 0 amide bonds. The van der Waals surface area contributed by atoms with Crippen LogP contribution in [0.1, 0.15) is 22.8 Å². The smallest absolute Gasteiger partial charge is 0.316 e. The number of aromatic hydroxyl groups is 1. The zero-order valence-electron chi connectivity index (χ0n) is 12.0. The maximum absolute atomic E-state index is 12.7. The first-order valence-corrected chi connectivity index (χ1v) is 6.68. The van der Waals surface area contributed by atoms with Gasteiger partial charge < -0.3 is 19.4 Å². The summed E-state index contributed by atoms with van der Waals surface area (Å²) in [6.07, 6.45) is 1.63. The van der Waals surface area contributed by atoms with E-state index >= 15 is 0 Å². The van der Waals surface area contributed by atoms with Crippen LogP contribution in [-0.2, 0) is 9.53 Å². The summed E-state index contributed by atoms with van der Waals surface area (Å²) in [5.74, 6) is -1.95. The zero-order chi connectivity index (χ0) is 16.0. The number of phenolic OH excluding ortho intramolecular Hbond substituents is 1. The largest absolute Gasteiger partial charge is 0.507 e. The molecule has 0 radical (unpaired) electrons. The van der Waals surface area contributed by atoms with Gasteiger partial charge in [-0.2, -0.15) is 0 Å². The van der Waals surface area contributed by atoms with Crippen molar-refractivity contribution in [3.63, 3.8) is 0 Å². The molecule has 1 heterocycles. The lowest BCUT2D eigenvalue weighted by molar-refractivity contribution is -0.144. The summed E-state index contributed by atoms with van der Waals surface area (Å²) in [4.78, 5) is 24.6. The van der Waals surface area contributed by atoms with Gasteiger partial charge in [0.05, 0.1) is 18.8 Å². The van der Waals surface area contributed by atoms with Crippen LogP contribution in [0, 0.1) is 6.92 Å². The Labute approximate surface area is 125 Å². The van der Waals surface area contributed by atoms with Crippen LogP contribution in [0.25, 0.3) is 17.0 Å². The number of phenols is 1. The standard InChI is InChI=1S/C16H14O6/c1-7-5-9(18)12-11(6-7)22-10-4-3-8(17)13(16(20)21-2)14(10)15(12)19/h3-6,8,13,17-18H,1-2H3/t8-,13+/m1/s1. The van der Waals surface area contributed by atoms with E-state index in [1.165, 1.54) is 25.3 Å². The molecule has 2 N–H and O–H groups in total. The molecule has 1 aliphatic carbocycles. The first kappa shape index (κ1) is 14.3. The van der Waals surface area contributed by atoms with E-state index in [1.54, 1.807) is 13.0 Å². The molecular weight excluding hydrogens is 288 g/mol. The third-order valence-electron chi connectivity index (χ3n) is 3.74. The number of rotatable bonds is 1. The summed E-state index contributed by atoms with van der Waals surface area (Å²) in [6.45, 7) is 1.76. The summed E-state index contributed by atoms with van der Waals surface area (Å²) in [7, 11) is 1.18. The minimum absolute atomic E-state index is 0.00602. The van der Waals surface area contributed by atoms with Gasteiger partial charge in [-0.1, -0.05) is 6.08 Å².